The third kappa shape index (κ3) is 5.87. The van der Waals surface area contributed by atoms with Crippen molar-refractivity contribution in [3.63, 3.8) is 0 Å². The summed E-state index contributed by atoms with van der Waals surface area (Å²) in [5.41, 5.74) is 2.14. The lowest BCUT2D eigenvalue weighted by atomic mass is 10.1. The van der Waals surface area contributed by atoms with Crippen LogP contribution in [0.1, 0.15) is 49.8 Å². The van der Waals surface area contributed by atoms with E-state index in [4.69, 9.17) is 9.47 Å². The van der Waals surface area contributed by atoms with Crippen molar-refractivity contribution in [2.24, 2.45) is 0 Å². The lowest BCUT2D eigenvalue weighted by molar-refractivity contribution is -0.119. The molecule has 0 aliphatic carbocycles. The molecule has 0 radical (unpaired) electrons. The van der Waals surface area contributed by atoms with Gasteiger partial charge in [0.15, 0.2) is 12.4 Å². The van der Waals surface area contributed by atoms with Crippen molar-refractivity contribution >= 4 is 51.3 Å². The minimum Gasteiger partial charge on any atom is -0.462 e. The van der Waals surface area contributed by atoms with E-state index >= 15 is 0 Å². The van der Waals surface area contributed by atoms with Crippen LogP contribution in [-0.2, 0) is 14.3 Å². The van der Waals surface area contributed by atoms with Gasteiger partial charge in [-0.1, -0.05) is 30.3 Å². The van der Waals surface area contributed by atoms with Crippen LogP contribution in [-0.4, -0.2) is 36.8 Å². The monoisotopic (exact) mass is 480 g/mol. The molecule has 0 atom stereocenters. The van der Waals surface area contributed by atoms with Crippen molar-refractivity contribution in [1.82, 2.24) is 0 Å². The first-order valence-corrected chi connectivity index (χ1v) is 11.3. The van der Waals surface area contributed by atoms with Gasteiger partial charge in [0.1, 0.15) is 5.00 Å². The second kappa shape index (κ2) is 11.2. The average Bonchev–Trinajstić information content (AvgIpc) is 3.14. The summed E-state index contributed by atoms with van der Waals surface area (Å²) in [7, 11) is 0. The molecule has 0 bridgehead atoms. The Morgan fingerprint density at radius 3 is 2.26 bits per heavy atom. The summed E-state index contributed by atoms with van der Waals surface area (Å²) < 4.78 is 10.3. The Bertz CT molecular complexity index is 1220. The summed E-state index contributed by atoms with van der Waals surface area (Å²) in [6.45, 7) is 4.22. The fraction of sp³-hybridized carbons (Fsp3) is 0.200. The number of anilines is 3. The Balaban J connectivity index is 1.70. The zero-order chi connectivity index (χ0) is 24.7. The van der Waals surface area contributed by atoms with E-state index in [1.807, 2.05) is 30.3 Å². The molecule has 1 amide bonds. The molecule has 9 heteroatoms. The van der Waals surface area contributed by atoms with E-state index in [-0.39, 0.29) is 28.5 Å². The molecule has 0 unspecified atom stereocenters. The molecule has 0 aliphatic rings. The first-order chi connectivity index (χ1) is 16.3. The summed E-state index contributed by atoms with van der Waals surface area (Å²) in [5.74, 6) is -2.21. The fourth-order valence-electron chi connectivity index (χ4n) is 3.21. The third-order valence-electron chi connectivity index (χ3n) is 4.73. The van der Waals surface area contributed by atoms with Crippen LogP contribution in [0.3, 0.4) is 0 Å². The van der Waals surface area contributed by atoms with Crippen LogP contribution in [0.25, 0.3) is 0 Å². The molecule has 2 N–H and O–H groups in total. The Labute approximate surface area is 200 Å². The molecule has 1 aromatic heterocycles. The molecule has 8 nitrogen and oxygen atoms in total. The second-order valence-corrected chi connectivity index (χ2v) is 8.22. The molecule has 3 aromatic rings. The van der Waals surface area contributed by atoms with Crippen LogP contribution in [0.5, 0.6) is 0 Å². The smallest absolute Gasteiger partial charge is 0.341 e. The molecule has 3 rings (SSSR count). The van der Waals surface area contributed by atoms with E-state index in [2.05, 4.69) is 10.6 Å². The zero-order valence-corrected chi connectivity index (χ0v) is 19.8. The van der Waals surface area contributed by atoms with Gasteiger partial charge in [-0.25, -0.2) is 9.59 Å². The quantitative estimate of drug-likeness (QED) is 0.328. The molecule has 0 saturated carbocycles. The van der Waals surface area contributed by atoms with Crippen LogP contribution < -0.4 is 10.6 Å². The van der Waals surface area contributed by atoms with Crippen molar-refractivity contribution < 1.29 is 28.7 Å². The maximum absolute atomic E-state index is 12.7. The van der Waals surface area contributed by atoms with Crippen molar-refractivity contribution in [2.75, 3.05) is 23.8 Å². The maximum atomic E-state index is 12.7. The summed E-state index contributed by atoms with van der Waals surface area (Å²) in [5, 5.41) is 5.88. The highest BCUT2D eigenvalue weighted by molar-refractivity contribution is 7.18. The highest BCUT2D eigenvalue weighted by Crippen LogP contribution is 2.34. The number of carbonyl (C=O) groups excluding carboxylic acids is 4. The van der Waals surface area contributed by atoms with Gasteiger partial charge in [-0.15, -0.1) is 11.3 Å². The first-order valence-electron chi connectivity index (χ1n) is 10.5. The number of benzene rings is 2. The number of rotatable bonds is 9. The van der Waals surface area contributed by atoms with E-state index in [9.17, 15) is 19.2 Å². The van der Waals surface area contributed by atoms with E-state index in [1.54, 1.807) is 38.1 Å². The van der Waals surface area contributed by atoms with E-state index < -0.39 is 24.5 Å². The highest BCUT2D eigenvalue weighted by Gasteiger charge is 2.25. The fourth-order valence-corrected chi connectivity index (χ4v) is 4.31. The lowest BCUT2D eigenvalue weighted by Crippen LogP contribution is -2.22. The number of esters is 2. The number of hydrogen-bond donors (Lipinski definition) is 2. The van der Waals surface area contributed by atoms with Crippen molar-refractivity contribution in [2.45, 2.75) is 20.8 Å². The number of para-hydroxylation sites is 2. The van der Waals surface area contributed by atoms with Crippen LogP contribution in [0.2, 0.25) is 0 Å². The second-order valence-electron chi connectivity index (χ2n) is 7.20. The van der Waals surface area contributed by atoms with Crippen LogP contribution >= 0.6 is 11.3 Å². The predicted molar refractivity (Wildman–Crippen MR) is 130 cm³/mol. The number of ketones is 1. The minimum absolute atomic E-state index is 0.120. The maximum Gasteiger partial charge on any atom is 0.341 e. The normalized spacial score (nSPS) is 10.3. The third-order valence-corrected chi connectivity index (χ3v) is 6.04. The van der Waals surface area contributed by atoms with Gasteiger partial charge >= 0.3 is 11.9 Å². The van der Waals surface area contributed by atoms with Gasteiger partial charge < -0.3 is 20.1 Å². The molecule has 0 aliphatic heterocycles. The first kappa shape index (κ1) is 24.7. The Hall–Kier alpha value is -3.98. The predicted octanol–water partition coefficient (Wildman–Crippen LogP) is 4.97. The van der Waals surface area contributed by atoms with Crippen molar-refractivity contribution in [3.05, 3.63) is 76.2 Å². The summed E-state index contributed by atoms with van der Waals surface area (Å²) in [6.07, 6.45) is 0. The van der Waals surface area contributed by atoms with Gasteiger partial charge in [-0.05, 0) is 50.6 Å². The Kier molecular flexibility index (Phi) is 8.15. The SMILES string of the molecule is CCOC(=O)c1c(NC(=O)COC(=O)c2ccccc2Nc2ccccc2)sc(C(C)=O)c1C. The number of thiophene rings is 1. The number of amides is 1. The highest BCUT2D eigenvalue weighted by atomic mass is 32.1. The van der Waals surface area contributed by atoms with Gasteiger partial charge in [0.2, 0.25) is 0 Å². The molecular formula is C25H24N2O6S. The number of carbonyl (C=O) groups is 4. The molecular weight excluding hydrogens is 456 g/mol. The largest absolute Gasteiger partial charge is 0.462 e. The molecule has 0 saturated heterocycles. The standard InChI is InChI=1S/C25H24N2O6S/c1-4-32-25(31)21-15(2)22(16(3)28)34-23(21)27-20(29)14-33-24(30)18-12-8-9-13-19(18)26-17-10-6-5-7-11-17/h5-13,26H,4,14H2,1-3H3,(H,27,29). The Morgan fingerprint density at radius 2 is 1.59 bits per heavy atom. The van der Waals surface area contributed by atoms with Gasteiger partial charge in [0.05, 0.1) is 28.3 Å². The van der Waals surface area contributed by atoms with Crippen LogP contribution in [0.4, 0.5) is 16.4 Å². The van der Waals surface area contributed by atoms with E-state index in [1.165, 1.54) is 6.92 Å². The van der Waals surface area contributed by atoms with Gasteiger partial charge in [0, 0.05) is 5.69 Å². The molecule has 1 heterocycles. The van der Waals surface area contributed by atoms with Gasteiger partial charge in [-0.2, -0.15) is 0 Å². The molecule has 0 spiro atoms. The number of nitrogens with one attached hydrogen (secondary N) is 2. The van der Waals surface area contributed by atoms with Crippen molar-refractivity contribution in [3.8, 4) is 0 Å². The molecule has 2 aromatic carbocycles. The summed E-state index contributed by atoms with van der Waals surface area (Å²) in [6, 6.07) is 16.1. The number of Topliss-reactive ketones (excluding diaryl/α,β-unsaturated/α-hetero) is 1. The van der Waals surface area contributed by atoms with Gasteiger partial charge in [0.25, 0.3) is 5.91 Å². The zero-order valence-electron chi connectivity index (χ0n) is 19.0. The summed E-state index contributed by atoms with van der Waals surface area (Å²) >= 11 is 0.978. The van der Waals surface area contributed by atoms with E-state index in [0.29, 0.717) is 16.1 Å². The topological polar surface area (TPSA) is 111 Å². The lowest BCUT2D eigenvalue weighted by Gasteiger charge is -2.12. The molecule has 176 valence electrons. The van der Waals surface area contributed by atoms with E-state index in [0.717, 1.165) is 17.0 Å². The molecule has 0 fully saturated rings. The minimum atomic E-state index is -0.688. The number of ether oxygens (including phenoxy) is 2. The van der Waals surface area contributed by atoms with Crippen LogP contribution in [0, 0.1) is 6.92 Å². The summed E-state index contributed by atoms with van der Waals surface area (Å²) in [4.78, 5) is 49.8. The average molecular weight is 481 g/mol. The van der Waals surface area contributed by atoms with Gasteiger partial charge in [-0.3, -0.25) is 9.59 Å². The van der Waals surface area contributed by atoms with Crippen LogP contribution in [0.15, 0.2) is 54.6 Å². The Morgan fingerprint density at radius 1 is 0.912 bits per heavy atom. The van der Waals surface area contributed by atoms with Crippen molar-refractivity contribution in [1.29, 1.82) is 0 Å². The number of hydrogen-bond acceptors (Lipinski definition) is 8. The molecule has 34 heavy (non-hydrogen) atoms.